The van der Waals surface area contributed by atoms with Crippen LogP contribution in [0.3, 0.4) is 0 Å². The summed E-state index contributed by atoms with van der Waals surface area (Å²) < 4.78 is 9.55. The van der Waals surface area contributed by atoms with Crippen molar-refractivity contribution in [1.29, 1.82) is 0 Å². The molecule has 0 spiro atoms. The molecule has 150 valence electrons. The number of ketones is 3. The predicted molar refractivity (Wildman–Crippen MR) is 98.4 cm³/mol. The van der Waals surface area contributed by atoms with Gasteiger partial charge in [0.15, 0.2) is 23.3 Å². The number of esters is 2. The Morgan fingerprint density at radius 1 is 0.929 bits per heavy atom. The van der Waals surface area contributed by atoms with Gasteiger partial charge >= 0.3 is 11.9 Å². The van der Waals surface area contributed by atoms with Gasteiger partial charge in [-0.3, -0.25) is 19.2 Å². The van der Waals surface area contributed by atoms with Gasteiger partial charge < -0.3 is 14.6 Å². The number of hydrogen-bond acceptors (Lipinski definition) is 8. The van der Waals surface area contributed by atoms with E-state index < -0.39 is 46.5 Å². The van der Waals surface area contributed by atoms with Crippen LogP contribution in [0.15, 0.2) is 29.8 Å². The molecule has 1 rings (SSSR count). The first-order valence-electron chi connectivity index (χ1n) is 8.59. The van der Waals surface area contributed by atoms with Gasteiger partial charge in [-0.1, -0.05) is 24.3 Å². The molecule has 0 bridgehead atoms. The predicted octanol–water partition coefficient (Wildman–Crippen LogP) is 2.06. The molecule has 1 aromatic carbocycles. The van der Waals surface area contributed by atoms with Crippen LogP contribution >= 0.6 is 0 Å². The summed E-state index contributed by atoms with van der Waals surface area (Å²) in [6.45, 7) is 5.13. The van der Waals surface area contributed by atoms with Crippen molar-refractivity contribution in [2.24, 2.45) is 5.92 Å². The SMILES string of the molecule is CCOC(=O)/C(C(C)=O)=C(/O)c1ccccc1C(=O)C(C(C)=O)C(=O)OCC. The third-order valence-electron chi connectivity index (χ3n) is 3.71. The zero-order valence-electron chi connectivity index (χ0n) is 16.1. The van der Waals surface area contributed by atoms with Crippen LogP contribution in [0.25, 0.3) is 5.76 Å². The molecule has 1 unspecified atom stereocenters. The van der Waals surface area contributed by atoms with E-state index in [1.807, 2.05) is 0 Å². The lowest BCUT2D eigenvalue weighted by Gasteiger charge is -2.15. The number of Topliss-reactive ketones (excluding diaryl/α,β-unsaturated/α-hetero) is 3. The van der Waals surface area contributed by atoms with Gasteiger partial charge in [-0.15, -0.1) is 0 Å². The molecule has 0 saturated carbocycles. The largest absolute Gasteiger partial charge is 0.506 e. The first kappa shape index (κ1) is 22.8. The Labute approximate surface area is 162 Å². The van der Waals surface area contributed by atoms with Crippen LogP contribution in [-0.4, -0.2) is 47.6 Å². The molecule has 0 saturated heterocycles. The third-order valence-corrected chi connectivity index (χ3v) is 3.71. The number of aliphatic hydroxyl groups excluding tert-OH is 1. The Morgan fingerprint density at radius 3 is 1.93 bits per heavy atom. The van der Waals surface area contributed by atoms with E-state index in [2.05, 4.69) is 0 Å². The number of ether oxygens (including phenoxy) is 2. The summed E-state index contributed by atoms with van der Waals surface area (Å²) in [5.41, 5.74) is -1.03. The molecule has 0 heterocycles. The Hall–Kier alpha value is -3.29. The summed E-state index contributed by atoms with van der Waals surface area (Å²) in [7, 11) is 0. The number of benzene rings is 1. The van der Waals surface area contributed by atoms with Gasteiger partial charge in [0, 0.05) is 11.1 Å². The fourth-order valence-corrected chi connectivity index (χ4v) is 2.49. The average Bonchev–Trinajstić information content (AvgIpc) is 2.61. The van der Waals surface area contributed by atoms with Crippen LogP contribution in [0, 0.1) is 5.92 Å². The Morgan fingerprint density at radius 2 is 1.46 bits per heavy atom. The van der Waals surface area contributed by atoms with Crippen LogP contribution in [0.4, 0.5) is 0 Å². The van der Waals surface area contributed by atoms with Crippen molar-refractivity contribution >= 4 is 35.0 Å². The second-order valence-electron chi connectivity index (χ2n) is 5.71. The molecule has 1 N–H and O–H groups in total. The van der Waals surface area contributed by atoms with Crippen molar-refractivity contribution in [3.05, 3.63) is 41.0 Å². The molecule has 28 heavy (non-hydrogen) atoms. The summed E-state index contributed by atoms with van der Waals surface area (Å²) in [5.74, 6) is -7.00. The van der Waals surface area contributed by atoms with Crippen LogP contribution < -0.4 is 0 Å². The van der Waals surface area contributed by atoms with E-state index in [4.69, 9.17) is 9.47 Å². The van der Waals surface area contributed by atoms with Crippen molar-refractivity contribution in [3.8, 4) is 0 Å². The quantitative estimate of drug-likeness (QED) is 0.170. The molecule has 0 aliphatic rings. The van der Waals surface area contributed by atoms with Crippen LogP contribution in [0.1, 0.15) is 43.6 Å². The number of rotatable bonds is 9. The van der Waals surface area contributed by atoms with E-state index in [-0.39, 0.29) is 24.3 Å². The zero-order chi connectivity index (χ0) is 21.4. The molecular weight excluding hydrogens is 368 g/mol. The Kier molecular flexibility index (Phi) is 8.25. The fraction of sp³-hybridized carbons (Fsp3) is 0.350. The van der Waals surface area contributed by atoms with Crippen molar-refractivity contribution < 1.29 is 38.6 Å². The summed E-state index contributed by atoms with van der Waals surface area (Å²) in [6, 6.07) is 5.46. The molecular formula is C20H22O8. The van der Waals surface area contributed by atoms with Crippen molar-refractivity contribution in [2.75, 3.05) is 13.2 Å². The van der Waals surface area contributed by atoms with Crippen molar-refractivity contribution in [1.82, 2.24) is 0 Å². The summed E-state index contributed by atoms with van der Waals surface area (Å²) in [5, 5.41) is 10.5. The van der Waals surface area contributed by atoms with Crippen LogP contribution in [-0.2, 0) is 28.7 Å². The molecule has 8 nitrogen and oxygen atoms in total. The van der Waals surface area contributed by atoms with E-state index in [1.54, 1.807) is 0 Å². The molecule has 0 radical (unpaired) electrons. The van der Waals surface area contributed by atoms with E-state index >= 15 is 0 Å². The van der Waals surface area contributed by atoms with Gasteiger partial charge in [-0.2, -0.15) is 0 Å². The molecule has 0 amide bonds. The lowest BCUT2D eigenvalue weighted by molar-refractivity contribution is -0.149. The van der Waals surface area contributed by atoms with Gasteiger partial charge in [0.25, 0.3) is 0 Å². The van der Waals surface area contributed by atoms with Crippen molar-refractivity contribution in [3.63, 3.8) is 0 Å². The highest BCUT2D eigenvalue weighted by Crippen LogP contribution is 2.25. The summed E-state index contributed by atoms with van der Waals surface area (Å²) >= 11 is 0. The lowest BCUT2D eigenvalue weighted by Crippen LogP contribution is -2.32. The van der Waals surface area contributed by atoms with Gasteiger partial charge in [-0.25, -0.2) is 4.79 Å². The first-order valence-corrected chi connectivity index (χ1v) is 8.59. The Balaban J connectivity index is 3.58. The van der Waals surface area contributed by atoms with Crippen LogP contribution in [0.5, 0.6) is 0 Å². The highest BCUT2D eigenvalue weighted by atomic mass is 16.5. The molecule has 1 aromatic rings. The number of hydrogen-bond donors (Lipinski definition) is 1. The van der Waals surface area contributed by atoms with Crippen LogP contribution in [0.2, 0.25) is 0 Å². The van der Waals surface area contributed by atoms with E-state index in [1.165, 1.54) is 38.1 Å². The molecule has 0 aliphatic carbocycles. The summed E-state index contributed by atoms with van der Waals surface area (Å²) in [6.07, 6.45) is 0. The molecule has 1 atom stereocenters. The highest BCUT2D eigenvalue weighted by Gasteiger charge is 2.35. The number of carbonyl (C=O) groups is 5. The van der Waals surface area contributed by atoms with Gasteiger partial charge in [0.1, 0.15) is 11.3 Å². The monoisotopic (exact) mass is 390 g/mol. The maximum Gasteiger partial charge on any atom is 0.345 e. The fourth-order valence-electron chi connectivity index (χ4n) is 2.49. The van der Waals surface area contributed by atoms with Gasteiger partial charge in [0.2, 0.25) is 0 Å². The van der Waals surface area contributed by atoms with Crippen molar-refractivity contribution in [2.45, 2.75) is 27.7 Å². The highest BCUT2D eigenvalue weighted by molar-refractivity contribution is 6.25. The minimum atomic E-state index is -1.72. The van der Waals surface area contributed by atoms with E-state index in [0.717, 1.165) is 13.8 Å². The zero-order valence-corrected chi connectivity index (χ0v) is 16.1. The topological polar surface area (TPSA) is 124 Å². The first-order chi connectivity index (χ1) is 13.2. The van der Waals surface area contributed by atoms with Gasteiger partial charge in [-0.05, 0) is 27.7 Å². The minimum absolute atomic E-state index is 0.0277. The molecule has 0 fully saturated rings. The van der Waals surface area contributed by atoms with Gasteiger partial charge in [0.05, 0.1) is 13.2 Å². The molecule has 8 heteroatoms. The van der Waals surface area contributed by atoms with E-state index in [0.29, 0.717) is 0 Å². The second kappa shape index (κ2) is 10.1. The average molecular weight is 390 g/mol. The number of carbonyl (C=O) groups excluding carboxylic acids is 5. The second-order valence-corrected chi connectivity index (χ2v) is 5.71. The smallest absolute Gasteiger partial charge is 0.345 e. The summed E-state index contributed by atoms with van der Waals surface area (Å²) in [4.78, 5) is 60.7. The maximum atomic E-state index is 12.9. The maximum absolute atomic E-state index is 12.9. The standard InChI is InChI=1S/C20H22O8/c1-5-27-19(25)15(11(3)21)17(23)13-9-7-8-10-14(13)18(24)16(12(4)22)20(26)28-6-2/h7-10,15,24H,5-6H2,1-4H3/b18-16+. The third kappa shape index (κ3) is 5.12. The van der Waals surface area contributed by atoms with E-state index in [9.17, 15) is 29.1 Å². The molecule has 0 aromatic heterocycles. The number of aliphatic hydroxyl groups is 1. The molecule has 0 aliphatic heterocycles. The normalized spacial score (nSPS) is 12.4. The Bertz CT molecular complexity index is 834. The lowest BCUT2D eigenvalue weighted by atomic mass is 9.90. The minimum Gasteiger partial charge on any atom is -0.506 e.